The second-order valence-corrected chi connectivity index (χ2v) is 7.18. The van der Waals surface area contributed by atoms with Crippen LogP contribution in [0.25, 0.3) is 10.9 Å². The molecule has 146 valence electrons. The maximum absolute atomic E-state index is 12.4. The summed E-state index contributed by atoms with van der Waals surface area (Å²) in [5.41, 5.74) is 3.12. The SMILES string of the molecule is O=C(COc1ccccc1)NCC(c1ccccc1Cl)c1c[nH]c2ccccc12. The molecule has 4 aromatic rings. The largest absolute Gasteiger partial charge is 0.484 e. The summed E-state index contributed by atoms with van der Waals surface area (Å²) in [6.07, 6.45) is 1.99. The van der Waals surface area contributed by atoms with E-state index in [1.807, 2.05) is 79.0 Å². The number of hydrogen-bond acceptors (Lipinski definition) is 2. The lowest BCUT2D eigenvalue weighted by Gasteiger charge is -2.19. The van der Waals surface area contributed by atoms with Crippen LogP contribution in [0.15, 0.2) is 85.1 Å². The van der Waals surface area contributed by atoms with Crippen LogP contribution in [0, 0.1) is 0 Å². The number of amides is 1. The number of carbonyl (C=O) groups is 1. The minimum absolute atomic E-state index is 0.0346. The lowest BCUT2D eigenvalue weighted by Crippen LogP contribution is -2.32. The molecule has 0 aliphatic carbocycles. The molecule has 0 fully saturated rings. The van der Waals surface area contributed by atoms with E-state index in [1.54, 1.807) is 0 Å². The number of H-pyrrole nitrogens is 1. The smallest absolute Gasteiger partial charge is 0.257 e. The van der Waals surface area contributed by atoms with Crippen molar-refractivity contribution < 1.29 is 9.53 Å². The molecule has 1 atom stereocenters. The van der Waals surface area contributed by atoms with Gasteiger partial charge < -0.3 is 15.0 Å². The van der Waals surface area contributed by atoms with Gasteiger partial charge in [-0.25, -0.2) is 0 Å². The molecule has 1 unspecified atom stereocenters. The first kappa shape index (κ1) is 19.1. The van der Waals surface area contributed by atoms with Crippen molar-refractivity contribution in [3.63, 3.8) is 0 Å². The molecule has 3 aromatic carbocycles. The van der Waals surface area contributed by atoms with Crippen LogP contribution in [-0.4, -0.2) is 24.0 Å². The average Bonchev–Trinajstić information content (AvgIpc) is 3.18. The van der Waals surface area contributed by atoms with Crippen molar-refractivity contribution in [3.8, 4) is 5.75 Å². The van der Waals surface area contributed by atoms with Gasteiger partial charge in [0.25, 0.3) is 5.91 Å². The summed E-state index contributed by atoms with van der Waals surface area (Å²) in [5.74, 6) is 0.410. The molecule has 0 radical (unpaired) electrons. The first-order valence-corrected chi connectivity index (χ1v) is 9.85. The van der Waals surface area contributed by atoms with E-state index in [0.29, 0.717) is 17.3 Å². The number of carbonyl (C=O) groups excluding carboxylic acids is 1. The van der Waals surface area contributed by atoms with Crippen LogP contribution in [0.4, 0.5) is 0 Å². The van der Waals surface area contributed by atoms with Gasteiger partial charge in [0.05, 0.1) is 0 Å². The van der Waals surface area contributed by atoms with Gasteiger partial charge in [-0.15, -0.1) is 0 Å². The summed E-state index contributed by atoms with van der Waals surface area (Å²) in [7, 11) is 0. The molecule has 1 heterocycles. The van der Waals surface area contributed by atoms with Crippen LogP contribution in [0.2, 0.25) is 5.02 Å². The van der Waals surface area contributed by atoms with Crippen LogP contribution < -0.4 is 10.1 Å². The normalized spacial score (nSPS) is 11.9. The summed E-state index contributed by atoms with van der Waals surface area (Å²) in [6.45, 7) is 0.385. The van der Waals surface area contributed by atoms with Gasteiger partial charge in [0.15, 0.2) is 6.61 Å². The lowest BCUT2D eigenvalue weighted by molar-refractivity contribution is -0.123. The fourth-order valence-electron chi connectivity index (χ4n) is 3.46. The van der Waals surface area contributed by atoms with Crippen molar-refractivity contribution in [1.29, 1.82) is 0 Å². The van der Waals surface area contributed by atoms with Gasteiger partial charge in [-0.05, 0) is 35.4 Å². The molecule has 1 aromatic heterocycles. The number of aromatic nitrogens is 1. The van der Waals surface area contributed by atoms with E-state index in [-0.39, 0.29) is 18.4 Å². The number of halogens is 1. The van der Waals surface area contributed by atoms with Gasteiger partial charge in [-0.3, -0.25) is 4.79 Å². The highest BCUT2D eigenvalue weighted by Gasteiger charge is 2.21. The number of hydrogen-bond donors (Lipinski definition) is 2. The standard InChI is InChI=1S/C24H21ClN2O2/c25-22-12-6-4-10-18(22)20(21-14-26-23-13-7-5-11-19(21)23)15-27-24(28)16-29-17-8-2-1-3-9-17/h1-14,20,26H,15-16H2,(H,27,28). The first-order valence-electron chi connectivity index (χ1n) is 9.47. The summed E-state index contributed by atoms with van der Waals surface area (Å²) in [4.78, 5) is 15.7. The van der Waals surface area contributed by atoms with E-state index in [1.165, 1.54) is 0 Å². The van der Waals surface area contributed by atoms with E-state index >= 15 is 0 Å². The van der Waals surface area contributed by atoms with Gasteiger partial charge in [0.2, 0.25) is 0 Å². The predicted octanol–water partition coefficient (Wildman–Crippen LogP) is 5.15. The summed E-state index contributed by atoms with van der Waals surface area (Å²) in [5, 5.41) is 4.79. The summed E-state index contributed by atoms with van der Waals surface area (Å²) >= 11 is 6.50. The van der Waals surface area contributed by atoms with Crippen LogP contribution in [0.1, 0.15) is 17.0 Å². The maximum Gasteiger partial charge on any atom is 0.257 e. The molecule has 1 amide bonds. The number of nitrogens with one attached hydrogen (secondary N) is 2. The minimum atomic E-state index is -0.175. The van der Waals surface area contributed by atoms with Crippen molar-refractivity contribution >= 4 is 28.4 Å². The monoisotopic (exact) mass is 404 g/mol. The fraction of sp³-hybridized carbons (Fsp3) is 0.125. The van der Waals surface area contributed by atoms with E-state index in [4.69, 9.17) is 16.3 Å². The molecule has 0 saturated heterocycles. The predicted molar refractivity (Wildman–Crippen MR) is 117 cm³/mol. The lowest BCUT2D eigenvalue weighted by atomic mass is 9.91. The van der Waals surface area contributed by atoms with E-state index in [9.17, 15) is 4.79 Å². The topological polar surface area (TPSA) is 54.1 Å². The zero-order chi connectivity index (χ0) is 20.1. The van der Waals surface area contributed by atoms with E-state index < -0.39 is 0 Å². The molecule has 0 aliphatic heterocycles. The van der Waals surface area contributed by atoms with Crippen molar-refractivity contribution in [3.05, 3.63) is 101 Å². The zero-order valence-corrected chi connectivity index (χ0v) is 16.5. The number of fused-ring (bicyclic) bond motifs is 1. The van der Waals surface area contributed by atoms with Gasteiger partial charge in [-0.1, -0.05) is 66.2 Å². The Balaban J connectivity index is 1.53. The summed E-state index contributed by atoms with van der Waals surface area (Å²) in [6, 6.07) is 25.2. The van der Waals surface area contributed by atoms with Crippen LogP contribution in [-0.2, 0) is 4.79 Å². The Hall–Kier alpha value is -3.24. The second kappa shape index (κ2) is 8.84. The highest BCUT2D eigenvalue weighted by Crippen LogP contribution is 2.34. The first-order chi connectivity index (χ1) is 14.2. The fourth-order valence-corrected chi connectivity index (χ4v) is 3.73. The van der Waals surface area contributed by atoms with Crippen LogP contribution in [0.5, 0.6) is 5.75 Å². The second-order valence-electron chi connectivity index (χ2n) is 6.77. The van der Waals surface area contributed by atoms with Crippen molar-refractivity contribution in [2.45, 2.75) is 5.92 Å². The highest BCUT2D eigenvalue weighted by molar-refractivity contribution is 6.31. The Bertz CT molecular complexity index is 1110. The Morgan fingerprint density at radius 1 is 0.931 bits per heavy atom. The third-order valence-corrected chi connectivity index (χ3v) is 5.24. The molecular formula is C24H21ClN2O2. The molecule has 0 bridgehead atoms. The number of ether oxygens (including phenoxy) is 1. The average molecular weight is 405 g/mol. The van der Waals surface area contributed by atoms with Crippen molar-refractivity contribution in [2.24, 2.45) is 0 Å². The third kappa shape index (κ3) is 4.44. The Morgan fingerprint density at radius 3 is 2.48 bits per heavy atom. The van der Waals surface area contributed by atoms with Crippen molar-refractivity contribution in [1.82, 2.24) is 10.3 Å². The molecule has 4 rings (SSSR count). The third-order valence-electron chi connectivity index (χ3n) is 4.89. The van der Waals surface area contributed by atoms with Gasteiger partial charge in [0, 0.05) is 34.6 Å². The number of rotatable bonds is 7. The molecule has 4 nitrogen and oxygen atoms in total. The molecule has 2 N–H and O–H groups in total. The quantitative estimate of drug-likeness (QED) is 0.447. The van der Waals surface area contributed by atoms with Gasteiger partial charge in [0.1, 0.15) is 5.75 Å². The van der Waals surface area contributed by atoms with E-state index in [2.05, 4.69) is 16.4 Å². The number of aromatic amines is 1. The number of benzene rings is 3. The molecular weight excluding hydrogens is 384 g/mol. The zero-order valence-electron chi connectivity index (χ0n) is 15.8. The highest BCUT2D eigenvalue weighted by atomic mass is 35.5. The number of para-hydroxylation sites is 2. The Labute approximate surface area is 174 Å². The van der Waals surface area contributed by atoms with Crippen LogP contribution >= 0.6 is 11.6 Å². The molecule has 0 aliphatic rings. The Morgan fingerprint density at radius 2 is 1.66 bits per heavy atom. The molecule has 0 saturated carbocycles. The van der Waals surface area contributed by atoms with Gasteiger partial charge >= 0.3 is 0 Å². The van der Waals surface area contributed by atoms with Crippen LogP contribution in [0.3, 0.4) is 0 Å². The molecule has 29 heavy (non-hydrogen) atoms. The Kier molecular flexibility index (Phi) is 5.82. The summed E-state index contributed by atoms with van der Waals surface area (Å²) < 4.78 is 5.55. The van der Waals surface area contributed by atoms with Crippen molar-refractivity contribution in [2.75, 3.05) is 13.2 Å². The molecule has 5 heteroatoms. The maximum atomic E-state index is 12.4. The molecule has 0 spiro atoms. The minimum Gasteiger partial charge on any atom is -0.484 e. The van der Waals surface area contributed by atoms with E-state index in [0.717, 1.165) is 22.0 Å². The van der Waals surface area contributed by atoms with Gasteiger partial charge in [-0.2, -0.15) is 0 Å².